The van der Waals surface area contributed by atoms with Gasteiger partial charge >= 0.3 is 5.97 Å². The first-order valence-corrected chi connectivity index (χ1v) is 9.82. The first kappa shape index (κ1) is 18.5. The van der Waals surface area contributed by atoms with Crippen molar-refractivity contribution in [1.82, 2.24) is 4.57 Å². The van der Waals surface area contributed by atoms with Crippen LogP contribution in [0.3, 0.4) is 0 Å². The molecule has 30 heavy (non-hydrogen) atoms. The number of carboxylic acids is 1. The van der Waals surface area contributed by atoms with Crippen LogP contribution >= 0.6 is 0 Å². The van der Waals surface area contributed by atoms with E-state index in [9.17, 15) is 14.7 Å². The van der Waals surface area contributed by atoms with E-state index in [1.807, 2.05) is 28.8 Å². The highest BCUT2D eigenvalue weighted by molar-refractivity contribution is 5.99. The Morgan fingerprint density at radius 2 is 1.93 bits per heavy atom. The predicted octanol–water partition coefficient (Wildman–Crippen LogP) is 5.36. The van der Waals surface area contributed by atoms with Crippen LogP contribution in [0.25, 0.3) is 33.6 Å². The largest absolute Gasteiger partial charge is 0.477 e. The summed E-state index contributed by atoms with van der Waals surface area (Å²) in [6.07, 6.45) is 5.43. The summed E-state index contributed by atoms with van der Waals surface area (Å²) < 4.78 is 13.5. The Morgan fingerprint density at radius 3 is 2.60 bits per heavy atom. The van der Waals surface area contributed by atoms with Crippen molar-refractivity contribution >= 4 is 16.9 Å². The zero-order valence-electron chi connectivity index (χ0n) is 16.9. The van der Waals surface area contributed by atoms with Gasteiger partial charge in [-0.2, -0.15) is 0 Å². The topological polar surface area (TPSA) is 85.6 Å². The fraction of sp³-hybridized carbons (Fsp3) is 0.250. The van der Waals surface area contributed by atoms with Crippen LogP contribution in [-0.4, -0.2) is 15.6 Å². The Bertz CT molecular complexity index is 1350. The Kier molecular flexibility index (Phi) is 3.84. The van der Waals surface area contributed by atoms with Crippen LogP contribution in [0.2, 0.25) is 0 Å². The molecule has 0 amide bonds. The lowest BCUT2D eigenvalue weighted by molar-refractivity contribution is 0.0693. The molecule has 1 N–H and O–H groups in total. The Balaban J connectivity index is 1.88. The highest BCUT2D eigenvalue weighted by Gasteiger charge is 2.35. The zero-order valence-corrected chi connectivity index (χ0v) is 16.9. The van der Waals surface area contributed by atoms with E-state index in [-0.39, 0.29) is 17.0 Å². The van der Waals surface area contributed by atoms with E-state index in [0.29, 0.717) is 17.9 Å². The number of carboxylic acid groups (broad SMARTS) is 1. The van der Waals surface area contributed by atoms with E-state index in [2.05, 4.69) is 20.8 Å². The molecule has 3 aromatic heterocycles. The number of pyridine rings is 1. The number of rotatable bonds is 2. The van der Waals surface area contributed by atoms with Gasteiger partial charge < -0.3 is 18.5 Å². The summed E-state index contributed by atoms with van der Waals surface area (Å²) in [4.78, 5) is 24.2. The van der Waals surface area contributed by atoms with Gasteiger partial charge in [-0.25, -0.2) is 4.79 Å². The molecule has 0 fully saturated rings. The molecule has 6 nitrogen and oxygen atoms in total. The highest BCUT2D eigenvalue weighted by Crippen LogP contribution is 2.47. The van der Waals surface area contributed by atoms with Crippen LogP contribution in [0, 0.1) is 5.41 Å². The van der Waals surface area contributed by atoms with Gasteiger partial charge in [0.1, 0.15) is 16.9 Å². The van der Waals surface area contributed by atoms with Gasteiger partial charge in [0.2, 0.25) is 0 Å². The van der Waals surface area contributed by atoms with Crippen LogP contribution in [0.5, 0.6) is 0 Å². The van der Waals surface area contributed by atoms with Gasteiger partial charge in [0.15, 0.2) is 5.43 Å². The number of hydrogen-bond donors (Lipinski definition) is 1. The second-order valence-electron chi connectivity index (χ2n) is 8.83. The average molecular weight is 403 g/mol. The number of hydrogen-bond acceptors (Lipinski definition) is 4. The Labute approximate surface area is 172 Å². The van der Waals surface area contributed by atoms with Crippen molar-refractivity contribution in [2.24, 2.45) is 5.41 Å². The monoisotopic (exact) mass is 403 g/mol. The van der Waals surface area contributed by atoms with Crippen molar-refractivity contribution in [2.45, 2.75) is 33.2 Å². The fourth-order valence-electron chi connectivity index (χ4n) is 4.45. The molecule has 0 aliphatic carbocycles. The van der Waals surface area contributed by atoms with Crippen molar-refractivity contribution in [3.63, 3.8) is 0 Å². The summed E-state index contributed by atoms with van der Waals surface area (Å²) in [5.74, 6) is -0.510. The number of carbonyl (C=O) groups is 1. The molecule has 1 atom stereocenters. The third-order valence-corrected chi connectivity index (χ3v) is 5.95. The van der Waals surface area contributed by atoms with Gasteiger partial charge in [0.25, 0.3) is 0 Å². The minimum absolute atomic E-state index is 0.0403. The molecular formula is C24H21NO5. The van der Waals surface area contributed by atoms with E-state index in [1.54, 1.807) is 12.5 Å². The molecule has 5 rings (SSSR count). The normalized spacial score (nSPS) is 15.8. The third-order valence-electron chi connectivity index (χ3n) is 5.95. The maximum absolute atomic E-state index is 12.6. The number of furan rings is 2. The van der Waals surface area contributed by atoms with Crippen molar-refractivity contribution in [3.8, 4) is 22.6 Å². The summed E-state index contributed by atoms with van der Waals surface area (Å²) in [5.41, 5.74) is 3.32. The SMILES string of the molecule is CC(C)(C)[C@@H]1Cc2c(cc(-c3ccco3)c3ccoc23)-c2cc(=O)c(C(=O)O)cn21. The highest BCUT2D eigenvalue weighted by atomic mass is 16.4. The van der Waals surface area contributed by atoms with E-state index in [4.69, 9.17) is 8.83 Å². The van der Waals surface area contributed by atoms with Gasteiger partial charge in [-0.05, 0) is 36.1 Å². The summed E-state index contributed by atoms with van der Waals surface area (Å²) in [7, 11) is 0. The van der Waals surface area contributed by atoms with E-state index in [0.717, 1.165) is 27.7 Å². The number of nitrogens with zero attached hydrogens (tertiary/aromatic N) is 1. The van der Waals surface area contributed by atoms with Crippen LogP contribution < -0.4 is 5.43 Å². The molecule has 0 unspecified atom stereocenters. The molecule has 1 aromatic carbocycles. The zero-order chi connectivity index (χ0) is 21.2. The van der Waals surface area contributed by atoms with Crippen LogP contribution in [0.15, 0.2) is 62.7 Å². The van der Waals surface area contributed by atoms with Crippen LogP contribution in [0.4, 0.5) is 0 Å². The average Bonchev–Trinajstić information content (AvgIpc) is 3.37. The van der Waals surface area contributed by atoms with Crippen LogP contribution in [-0.2, 0) is 6.42 Å². The number of benzene rings is 1. The van der Waals surface area contributed by atoms with E-state index < -0.39 is 11.4 Å². The fourth-order valence-corrected chi connectivity index (χ4v) is 4.45. The summed E-state index contributed by atoms with van der Waals surface area (Å²) in [6, 6.07) is 9.04. The Morgan fingerprint density at radius 1 is 1.13 bits per heavy atom. The third kappa shape index (κ3) is 2.64. The lowest BCUT2D eigenvalue weighted by Gasteiger charge is -2.39. The first-order chi connectivity index (χ1) is 14.3. The van der Waals surface area contributed by atoms with Crippen molar-refractivity contribution in [2.75, 3.05) is 0 Å². The number of fused-ring (bicyclic) bond motifs is 5. The van der Waals surface area contributed by atoms with Crippen molar-refractivity contribution < 1.29 is 18.7 Å². The molecule has 1 aliphatic heterocycles. The van der Waals surface area contributed by atoms with Crippen molar-refractivity contribution in [3.05, 3.63) is 70.4 Å². The summed E-state index contributed by atoms with van der Waals surface area (Å²) in [6.45, 7) is 6.34. The Hall–Kier alpha value is -3.54. The molecule has 0 bridgehead atoms. The molecule has 1 aliphatic rings. The van der Waals surface area contributed by atoms with Gasteiger partial charge in [-0.3, -0.25) is 4.79 Å². The lowest BCUT2D eigenvalue weighted by atomic mass is 9.78. The molecule has 6 heteroatoms. The van der Waals surface area contributed by atoms with Gasteiger partial charge in [-0.1, -0.05) is 20.8 Å². The second-order valence-corrected chi connectivity index (χ2v) is 8.83. The van der Waals surface area contributed by atoms with Gasteiger partial charge in [0.05, 0.1) is 18.2 Å². The molecule has 0 radical (unpaired) electrons. The summed E-state index contributed by atoms with van der Waals surface area (Å²) in [5, 5.41) is 10.4. The summed E-state index contributed by atoms with van der Waals surface area (Å²) >= 11 is 0. The quantitative estimate of drug-likeness (QED) is 0.487. The van der Waals surface area contributed by atoms with E-state index in [1.165, 1.54) is 12.3 Å². The maximum atomic E-state index is 12.6. The minimum Gasteiger partial charge on any atom is -0.477 e. The molecule has 0 saturated carbocycles. The second kappa shape index (κ2) is 6.23. The van der Waals surface area contributed by atoms with Crippen LogP contribution in [0.1, 0.15) is 42.7 Å². The molecular weight excluding hydrogens is 382 g/mol. The lowest BCUT2D eigenvalue weighted by Crippen LogP contribution is -2.32. The first-order valence-electron chi connectivity index (χ1n) is 9.82. The molecule has 0 saturated heterocycles. The molecule has 152 valence electrons. The minimum atomic E-state index is -1.22. The standard InChI is InChI=1S/C24H21NO5/c1-24(2,3)21-10-16-14(18-11-19(26)17(23(27)28)12-25(18)21)9-15(20-5-4-7-29-20)13-6-8-30-22(13)16/h4-9,11-12,21H,10H2,1-3H3,(H,27,28)/t21-/m0/s1. The maximum Gasteiger partial charge on any atom is 0.341 e. The van der Waals surface area contributed by atoms with Gasteiger partial charge in [0, 0.05) is 40.4 Å². The van der Waals surface area contributed by atoms with Gasteiger partial charge in [-0.15, -0.1) is 0 Å². The van der Waals surface area contributed by atoms with E-state index >= 15 is 0 Å². The van der Waals surface area contributed by atoms with Crippen molar-refractivity contribution in [1.29, 1.82) is 0 Å². The number of aromatic nitrogens is 1. The predicted molar refractivity (Wildman–Crippen MR) is 113 cm³/mol. The molecule has 0 spiro atoms. The smallest absolute Gasteiger partial charge is 0.341 e. The number of aromatic carboxylic acids is 1. The molecule has 4 aromatic rings. The molecule has 4 heterocycles.